The van der Waals surface area contributed by atoms with E-state index in [-0.39, 0.29) is 17.9 Å². The van der Waals surface area contributed by atoms with E-state index < -0.39 is 0 Å². The van der Waals surface area contributed by atoms with Crippen LogP contribution in [0.5, 0.6) is 5.75 Å². The van der Waals surface area contributed by atoms with Gasteiger partial charge in [-0.15, -0.1) is 0 Å². The number of carbonyl (C=O) groups is 1. The lowest BCUT2D eigenvalue weighted by Crippen LogP contribution is -2.51. The summed E-state index contributed by atoms with van der Waals surface area (Å²) < 4.78 is 11.5. The van der Waals surface area contributed by atoms with Gasteiger partial charge in [0, 0.05) is 30.3 Å². The van der Waals surface area contributed by atoms with Crippen LogP contribution >= 0.6 is 0 Å². The molecule has 1 saturated carbocycles. The van der Waals surface area contributed by atoms with Crippen molar-refractivity contribution in [3.63, 3.8) is 0 Å². The lowest BCUT2D eigenvalue weighted by Gasteiger charge is -2.36. The van der Waals surface area contributed by atoms with E-state index in [2.05, 4.69) is 22.4 Å². The van der Waals surface area contributed by atoms with Gasteiger partial charge in [-0.25, -0.2) is 0 Å². The van der Waals surface area contributed by atoms with Crippen LogP contribution < -0.4 is 10.1 Å². The molecule has 132 valence electrons. The molecule has 0 unspecified atom stereocenters. The Morgan fingerprint density at radius 1 is 1.32 bits per heavy atom. The molecule has 0 spiro atoms. The van der Waals surface area contributed by atoms with Gasteiger partial charge in [0.15, 0.2) is 0 Å². The Morgan fingerprint density at radius 2 is 2.08 bits per heavy atom. The molecule has 0 atom stereocenters. The second-order valence-corrected chi connectivity index (χ2v) is 7.13. The van der Waals surface area contributed by atoms with E-state index in [1.807, 2.05) is 32.0 Å². The van der Waals surface area contributed by atoms with Gasteiger partial charge in [0.05, 0.1) is 11.3 Å². The molecule has 25 heavy (non-hydrogen) atoms. The Hall–Kier alpha value is -2.34. The van der Waals surface area contributed by atoms with Crippen LogP contribution in [0.3, 0.4) is 0 Å². The van der Waals surface area contributed by atoms with E-state index >= 15 is 0 Å². The number of hydrogen-bond donors (Lipinski definition) is 1. The number of likely N-dealkylation sites (N-methyl/N-ethyl adjacent to an activating group) is 1. The number of benzene rings is 1. The maximum absolute atomic E-state index is 12.1. The second-order valence-electron chi connectivity index (χ2n) is 7.13. The highest BCUT2D eigenvalue weighted by molar-refractivity contribution is 5.95. The molecule has 1 amide bonds. The van der Waals surface area contributed by atoms with Crippen LogP contribution in [0.25, 0.3) is 11.1 Å². The zero-order valence-electron chi connectivity index (χ0n) is 14.8. The summed E-state index contributed by atoms with van der Waals surface area (Å²) in [6, 6.07) is 5.80. The molecule has 1 saturated heterocycles. The highest BCUT2D eigenvalue weighted by atomic mass is 16.5. The normalized spacial score (nSPS) is 18.0. The number of likely N-dealkylation sites (tertiary alicyclic amines) is 1. The van der Waals surface area contributed by atoms with Gasteiger partial charge in [0.2, 0.25) is 5.91 Å². The first-order valence-corrected chi connectivity index (χ1v) is 8.74. The van der Waals surface area contributed by atoms with Gasteiger partial charge >= 0.3 is 0 Å². The van der Waals surface area contributed by atoms with Gasteiger partial charge in [-0.2, -0.15) is 0 Å². The van der Waals surface area contributed by atoms with E-state index in [1.165, 1.54) is 0 Å². The van der Waals surface area contributed by atoms with Crippen molar-refractivity contribution in [2.45, 2.75) is 32.8 Å². The first-order chi connectivity index (χ1) is 12.0. The van der Waals surface area contributed by atoms with E-state index in [4.69, 9.17) is 9.26 Å². The van der Waals surface area contributed by atoms with E-state index in [9.17, 15) is 4.79 Å². The predicted molar refractivity (Wildman–Crippen MR) is 94.7 cm³/mol. The minimum atomic E-state index is 0.0963. The number of anilines is 1. The molecule has 6 nitrogen and oxygen atoms in total. The molecule has 4 rings (SSSR count). The Kier molecular flexibility index (Phi) is 4.00. The summed E-state index contributed by atoms with van der Waals surface area (Å²) in [4.78, 5) is 14.3. The van der Waals surface area contributed by atoms with Crippen LogP contribution in [0, 0.1) is 19.8 Å². The van der Waals surface area contributed by atoms with Crippen LogP contribution in [0.4, 0.5) is 5.69 Å². The van der Waals surface area contributed by atoms with Crippen LogP contribution in [0.2, 0.25) is 0 Å². The van der Waals surface area contributed by atoms with E-state index in [0.29, 0.717) is 0 Å². The Labute approximate surface area is 147 Å². The van der Waals surface area contributed by atoms with Crippen LogP contribution in [-0.2, 0) is 4.79 Å². The van der Waals surface area contributed by atoms with Crippen molar-refractivity contribution in [2.75, 3.05) is 25.5 Å². The maximum Gasteiger partial charge on any atom is 0.227 e. The third-order valence-electron chi connectivity index (χ3n) is 4.82. The van der Waals surface area contributed by atoms with Crippen molar-refractivity contribution in [2.24, 2.45) is 5.92 Å². The van der Waals surface area contributed by atoms with Crippen molar-refractivity contribution in [3.8, 4) is 16.9 Å². The van der Waals surface area contributed by atoms with E-state index in [0.717, 1.165) is 59.9 Å². The summed E-state index contributed by atoms with van der Waals surface area (Å²) >= 11 is 0. The molecule has 2 aliphatic rings. The fourth-order valence-corrected chi connectivity index (χ4v) is 3.26. The Balaban J connectivity index is 1.66. The van der Waals surface area contributed by atoms with Gasteiger partial charge in [-0.1, -0.05) is 5.16 Å². The molecule has 0 radical (unpaired) electrons. The molecule has 0 bridgehead atoms. The average Bonchev–Trinajstić information content (AvgIpc) is 3.34. The number of nitrogens with zero attached hydrogens (tertiary/aromatic N) is 2. The molecular weight excluding hydrogens is 318 g/mol. The summed E-state index contributed by atoms with van der Waals surface area (Å²) in [5.41, 5.74) is 3.45. The number of hydrogen-bond acceptors (Lipinski definition) is 5. The average molecular weight is 341 g/mol. The lowest BCUT2D eigenvalue weighted by atomic mass is 10.0. The van der Waals surface area contributed by atoms with Crippen molar-refractivity contribution in [1.82, 2.24) is 10.1 Å². The molecule has 1 aliphatic carbocycles. The molecule has 2 heterocycles. The number of amides is 1. The molecular formula is C19H23N3O3. The third kappa shape index (κ3) is 3.26. The molecule has 1 aliphatic heterocycles. The first-order valence-electron chi connectivity index (χ1n) is 8.74. The topological polar surface area (TPSA) is 67.6 Å². The van der Waals surface area contributed by atoms with Crippen molar-refractivity contribution >= 4 is 11.6 Å². The van der Waals surface area contributed by atoms with Crippen LogP contribution in [0.1, 0.15) is 24.3 Å². The summed E-state index contributed by atoms with van der Waals surface area (Å²) in [7, 11) is 2.07. The predicted octanol–water partition coefficient (Wildman–Crippen LogP) is 3.00. The monoisotopic (exact) mass is 341 g/mol. The number of carbonyl (C=O) groups excluding carboxylic acids is 1. The molecule has 2 fully saturated rings. The number of aromatic nitrogens is 1. The zero-order chi connectivity index (χ0) is 17.6. The fourth-order valence-electron chi connectivity index (χ4n) is 3.26. The van der Waals surface area contributed by atoms with Crippen molar-refractivity contribution in [3.05, 3.63) is 29.7 Å². The van der Waals surface area contributed by atoms with Crippen molar-refractivity contribution < 1.29 is 14.1 Å². The first kappa shape index (κ1) is 16.1. The molecule has 1 aromatic carbocycles. The highest BCUT2D eigenvalue weighted by Crippen LogP contribution is 2.38. The number of aryl methyl sites for hydroxylation is 2. The number of rotatable bonds is 5. The summed E-state index contributed by atoms with van der Waals surface area (Å²) in [5, 5.41) is 7.07. The SMILES string of the molecule is Cc1noc(C)c1-c1cc(NC(=O)C2CC2)ccc1OC1CN(C)C1. The van der Waals surface area contributed by atoms with Gasteiger partial charge in [-0.3, -0.25) is 9.69 Å². The highest BCUT2D eigenvalue weighted by Gasteiger charge is 2.30. The Morgan fingerprint density at radius 3 is 2.68 bits per heavy atom. The third-order valence-corrected chi connectivity index (χ3v) is 4.82. The quantitative estimate of drug-likeness (QED) is 0.905. The standard InChI is InChI=1S/C19H23N3O3/c1-11-18(12(2)25-21-11)16-8-14(20-19(23)13-4-5-13)6-7-17(16)24-15-9-22(3)10-15/h6-8,13,15H,4-5,9-10H2,1-3H3,(H,20,23). The number of ether oxygens (including phenoxy) is 1. The van der Waals surface area contributed by atoms with E-state index in [1.54, 1.807) is 0 Å². The largest absolute Gasteiger partial charge is 0.487 e. The minimum absolute atomic E-state index is 0.0963. The Bertz CT molecular complexity index is 785. The van der Waals surface area contributed by atoms with Crippen LogP contribution in [0.15, 0.2) is 22.7 Å². The molecule has 1 aromatic heterocycles. The minimum Gasteiger partial charge on any atom is -0.487 e. The van der Waals surface area contributed by atoms with Gasteiger partial charge < -0.3 is 14.6 Å². The van der Waals surface area contributed by atoms with Crippen molar-refractivity contribution in [1.29, 1.82) is 0 Å². The zero-order valence-corrected chi connectivity index (χ0v) is 14.8. The molecule has 6 heteroatoms. The van der Waals surface area contributed by atoms with Crippen LogP contribution in [-0.4, -0.2) is 42.2 Å². The van der Waals surface area contributed by atoms with Gasteiger partial charge in [-0.05, 0) is 51.9 Å². The molecule has 1 N–H and O–H groups in total. The summed E-state index contributed by atoms with van der Waals surface area (Å²) in [6.07, 6.45) is 2.16. The smallest absolute Gasteiger partial charge is 0.227 e. The number of nitrogens with one attached hydrogen (secondary N) is 1. The lowest BCUT2D eigenvalue weighted by molar-refractivity contribution is -0.117. The fraction of sp³-hybridized carbons (Fsp3) is 0.474. The van der Waals surface area contributed by atoms with Gasteiger partial charge in [0.25, 0.3) is 0 Å². The maximum atomic E-state index is 12.1. The second kappa shape index (κ2) is 6.19. The summed E-state index contributed by atoms with van der Waals surface area (Å²) in [6.45, 7) is 5.65. The summed E-state index contributed by atoms with van der Waals surface area (Å²) in [5.74, 6) is 1.82. The molecule has 2 aromatic rings. The van der Waals surface area contributed by atoms with Gasteiger partial charge in [0.1, 0.15) is 17.6 Å².